The van der Waals surface area contributed by atoms with Gasteiger partial charge in [0.05, 0.1) is 11.2 Å². The first-order valence-electron chi connectivity index (χ1n) is 9.73. The van der Waals surface area contributed by atoms with Crippen molar-refractivity contribution in [2.45, 2.75) is 25.4 Å². The smallest absolute Gasteiger partial charge is 0.270 e. The quantitative estimate of drug-likeness (QED) is 0.695. The van der Waals surface area contributed by atoms with Gasteiger partial charge in [-0.3, -0.25) is 4.79 Å². The molecule has 1 fully saturated rings. The number of nitrogens with zero attached hydrogens (tertiary/aromatic N) is 3. The molecule has 0 aliphatic carbocycles. The Labute approximate surface area is 169 Å². The van der Waals surface area contributed by atoms with E-state index in [2.05, 4.69) is 17.9 Å². The highest BCUT2D eigenvalue weighted by molar-refractivity contribution is 5.94. The van der Waals surface area contributed by atoms with Gasteiger partial charge in [-0.25, -0.2) is 0 Å². The van der Waals surface area contributed by atoms with E-state index >= 15 is 0 Å². The Morgan fingerprint density at radius 1 is 1.10 bits per heavy atom. The second kappa shape index (κ2) is 7.17. The number of nitriles is 1. The van der Waals surface area contributed by atoms with E-state index in [1.165, 1.54) is 0 Å². The topological polar surface area (TPSA) is 84.3 Å². The van der Waals surface area contributed by atoms with E-state index in [-0.39, 0.29) is 16.7 Å². The minimum atomic E-state index is -0.311. The lowest BCUT2D eigenvalue weighted by Gasteiger charge is -2.41. The zero-order chi connectivity index (χ0) is 20.6. The summed E-state index contributed by atoms with van der Waals surface area (Å²) in [6.07, 6.45) is 1.57. The van der Waals surface area contributed by atoms with Gasteiger partial charge in [0.2, 0.25) is 0 Å². The largest absolute Gasteiger partial charge is 0.487 e. The molecule has 1 aliphatic rings. The van der Waals surface area contributed by atoms with Crippen LogP contribution in [0.4, 0.5) is 11.4 Å². The predicted molar refractivity (Wildman–Crippen MR) is 115 cm³/mol. The highest BCUT2D eigenvalue weighted by Crippen LogP contribution is 2.35. The molecule has 1 aromatic heterocycles. The third-order valence-corrected chi connectivity index (χ3v) is 5.77. The number of piperidine rings is 1. The van der Waals surface area contributed by atoms with Crippen LogP contribution >= 0.6 is 0 Å². The number of anilines is 2. The van der Waals surface area contributed by atoms with Gasteiger partial charge in [-0.1, -0.05) is 18.2 Å². The molecule has 6 heteroatoms. The van der Waals surface area contributed by atoms with Gasteiger partial charge in [0, 0.05) is 44.1 Å². The molecule has 0 amide bonds. The Morgan fingerprint density at radius 2 is 1.76 bits per heavy atom. The average molecular weight is 388 g/mol. The molecule has 2 aromatic carbocycles. The van der Waals surface area contributed by atoms with E-state index in [0.29, 0.717) is 18.8 Å². The van der Waals surface area contributed by atoms with E-state index in [0.717, 1.165) is 35.2 Å². The lowest BCUT2D eigenvalue weighted by molar-refractivity contribution is 0.0622. The Hall–Kier alpha value is -3.46. The number of aromatic nitrogens is 1. The maximum absolute atomic E-state index is 12.8. The molecule has 1 saturated heterocycles. The van der Waals surface area contributed by atoms with E-state index in [1.807, 2.05) is 48.5 Å². The van der Waals surface area contributed by atoms with Crippen LogP contribution in [0.3, 0.4) is 0 Å². The molecule has 0 atom stereocenters. The van der Waals surface area contributed by atoms with E-state index < -0.39 is 0 Å². The first-order valence-corrected chi connectivity index (χ1v) is 9.73. The van der Waals surface area contributed by atoms with Gasteiger partial charge in [-0.15, -0.1) is 0 Å². The highest BCUT2D eigenvalue weighted by atomic mass is 16.5. The molecule has 0 radical (unpaired) electrons. The number of aryl methyl sites for hydroxylation is 1. The molecular weight excluding hydrogens is 364 g/mol. The summed E-state index contributed by atoms with van der Waals surface area (Å²) in [5, 5.41) is 10.6. The SMILES string of the molecule is Cn1c(=O)c(C#N)c(N2CCC(C)(Oc3ccc(N)cc3)CC2)c2ccccc21. The molecule has 2 N–H and O–H groups in total. The Balaban J connectivity index is 1.64. The summed E-state index contributed by atoms with van der Waals surface area (Å²) < 4.78 is 7.81. The van der Waals surface area contributed by atoms with Gasteiger partial charge in [-0.2, -0.15) is 5.26 Å². The van der Waals surface area contributed by atoms with Crippen LogP contribution in [0.5, 0.6) is 5.75 Å². The number of pyridine rings is 1. The van der Waals surface area contributed by atoms with E-state index in [1.54, 1.807) is 11.6 Å². The summed E-state index contributed by atoms with van der Waals surface area (Å²) in [4.78, 5) is 14.9. The number of hydrogen-bond donors (Lipinski definition) is 1. The van der Waals surface area contributed by atoms with Crippen LogP contribution in [0.25, 0.3) is 10.9 Å². The number of fused-ring (bicyclic) bond motifs is 1. The normalized spacial score (nSPS) is 15.8. The second-order valence-corrected chi connectivity index (χ2v) is 7.82. The molecule has 0 unspecified atom stereocenters. The molecule has 3 aromatic rings. The van der Waals surface area contributed by atoms with Crippen molar-refractivity contribution in [1.29, 1.82) is 5.26 Å². The van der Waals surface area contributed by atoms with Crippen molar-refractivity contribution in [3.8, 4) is 11.8 Å². The van der Waals surface area contributed by atoms with Gasteiger partial charge in [-0.05, 0) is 37.3 Å². The third-order valence-electron chi connectivity index (χ3n) is 5.77. The number of nitrogens with two attached hydrogens (primary N) is 1. The molecule has 1 aliphatic heterocycles. The van der Waals surface area contributed by atoms with Crippen LogP contribution < -0.4 is 20.9 Å². The number of ether oxygens (including phenoxy) is 1. The van der Waals surface area contributed by atoms with Crippen LogP contribution in [0, 0.1) is 11.3 Å². The number of benzene rings is 2. The first kappa shape index (κ1) is 18.9. The van der Waals surface area contributed by atoms with E-state index in [9.17, 15) is 10.1 Å². The first-order chi connectivity index (χ1) is 13.9. The third kappa shape index (κ3) is 3.40. The number of para-hydroxylation sites is 1. The van der Waals surface area contributed by atoms with Crippen molar-refractivity contribution in [1.82, 2.24) is 4.57 Å². The van der Waals surface area contributed by atoms with Crippen LogP contribution in [-0.4, -0.2) is 23.3 Å². The molecule has 0 spiro atoms. The van der Waals surface area contributed by atoms with Crippen LogP contribution in [0.2, 0.25) is 0 Å². The zero-order valence-electron chi connectivity index (χ0n) is 16.7. The molecule has 29 heavy (non-hydrogen) atoms. The van der Waals surface area contributed by atoms with Gasteiger partial charge in [0.25, 0.3) is 5.56 Å². The van der Waals surface area contributed by atoms with Crippen molar-refractivity contribution in [2.24, 2.45) is 7.05 Å². The number of hydrogen-bond acceptors (Lipinski definition) is 5. The fourth-order valence-corrected chi connectivity index (χ4v) is 4.03. The summed E-state index contributed by atoms with van der Waals surface area (Å²) in [6.45, 7) is 3.52. The van der Waals surface area contributed by atoms with Crippen molar-refractivity contribution in [3.05, 3.63) is 64.4 Å². The van der Waals surface area contributed by atoms with Crippen LogP contribution in [-0.2, 0) is 7.05 Å². The Kier molecular flexibility index (Phi) is 4.67. The summed E-state index contributed by atoms with van der Waals surface area (Å²) in [5.41, 5.74) is 7.67. The summed E-state index contributed by atoms with van der Waals surface area (Å²) in [6, 6.07) is 17.3. The molecule has 0 bridgehead atoms. The zero-order valence-corrected chi connectivity index (χ0v) is 16.7. The minimum Gasteiger partial charge on any atom is -0.487 e. The van der Waals surface area contributed by atoms with Crippen LogP contribution in [0.1, 0.15) is 25.3 Å². The van der Waals surface area contributed by atoms with Gasteiger partial charge in [0.15, 0.2) is 0 Å². The maximum atomic E-state index is 12.8. The molecule has 6 nitrogen and oxygen atoms in total. The Bertz CT molecular complexity index is 1150. The number of nitrogen functional groups attached to an aromatic ring is 1. The second-order valence-electron chi connectivity index (χ2n) is 7.82. The van der Waals surface area contributed by atoms with Gasteiger partial charge in [0.1, 0.15) is 23.0 Å². The van der Waals surface area contributed by atoms with Crippen molar-refractivity contribution < 1.29 is 4.74 Å². The predicted octanol–water partition coefficient (Wildman–Crippen LogP) is 3.43. The van der Waals surface area contributed by atoms with Crippen molar-refractivity contribution >= 4 is 22.3 Å². The lowest BCUT2D eigenvalue weighted by atomic mass is 9.92. The van der Waals surface area contributed by atoms with E-state index in [4.69, 9.17) is 10.5 Å². The molecular formula is C23H24N4O2. The Morgan fingerprint density at radius 3 is 2.41 bits per heavy atom. The summed E-state index contributed by atoms with van der Waals surface area (Å²) >= 11 is 0. The molecule has 148 valence electrons. The summed E-state index contributed by atoms with van der Waals surface area (Å²) in [7, 11) is 1.71. The highest BCUT2D eigenvalue weighted by Gasteiger charge is 2.34. The summed E-state index contributed by atoms with van der Waals surface area (Å²) in [5.74, 6) is 0.798. The standard InChI is InChI=1S/C23H24N4O2/c1-23(29-17-9-7-16(25)8-10-17)11-13-27(14-12-23)21-18-5-3-4-6-20(18)26(2)22(28)19(21)15-24/h3-10H,11-14,25H2,1-2H3. The van der Waals surface area contributed by atoms with Crippen molar-refractivity contribution in [3.63, 3.8) is 0 Å². The van der Waals surface area contributed by atoms with Crippen LogP contribution in [0.15, 0.2) is 53.3 Å². The van der Waals surface area contributed by atoms with Gasteiger partial charge < -0.3 is 19.9 Å². The molecule has 4 rings (SSSR count). The van der Waals surface area contributed by atoms with Gasteiger partial charge >= 0.3 is 0 Å². The molecule has 2 heterocycles. The average Bonchev–Trinajstić information content (AvgIpc) is 2.73. The number of rotatable bonds is 3. The maximum Gasteiger partial charge on any atom is 0.270 e. The van der Waals surface area contributed by atoms with Crippen molar-refractivity contribution in [2.75, 3.05) is 23.7 Å². The minimum absolute atomic E-state index is 0.203. The lowest BCUT2D eigenvalue weighted by Crippen LogP contribution is -2.46. The molecule has 0 saturated carbocycles. The fourth-order valence-electron chi connectivity index (χ4n) is 4.03. The monoisotopic (exact) mass is 388 g/mol. The fraction of sp³-hybridized carbons (Fsp3) is 0.304.